The lowest BCUT2D eigenvalue weighted by Gasteiger charge is -2.29. The summed E-state index contributed by atoms with van der Waals surface area (Å²) < 4.78 is 11.3. The lowest BCUT2D eigenvalue weighted by Crippen LogP contribution is -2.33. The Morgan fingerprint density at radius 3 is 2.85 bits per heavy atom. The molecule has 1 aromatic carbocycles. The van der Waals surface area contributed by atoms with Crippen molar-refractivity contribution in [3.8, 4) is 5.75 Å². The van der Waals surface area contributed by atoms with Crippen molar-refractivity contribution in [2.45, 2.75) is 31.9 Å². The van der Waals surface area contributed by atoms with Crippen molar-refractivity contribution in [2.75, 3.05) is 19.8 Å². The zero-order valence-electron chi connectivity index (χ0n) is 11.5. The molecule has 0 aromatic heterocycles. The van der Waals surface area contributed by atoms with Crippen LogP contribution in [0.4, 0.5) is 0 Å². The van der Waals surface area contributed by atoms with E-state index in [0.717, 1.165) is 37.3 Å². The summed E-state index contributed by atoms with van der Waals surface area (Å²) in [5.74, 6) is 1.35. The second kappa shape index (κ2) is 6.10. The molecule has 1 N–H and O–H groups in total. The van der Waals surface area contributed by atoms with Crippen LogP contribution in [0.3, 0.4) is 0 Å². The van der Waals surface area contributed by atoms with E-state index in [1.54, 1.807) is 6.07 Å². The maximum absolute atomic E-state index is 6.21. The van der Waals surface area contributed by atoms with E-state index in [4.69, 9.17) is 32.7 Å². The molecule has 0 saturated carbocycles. The number of hydrogen-bond donors (Lipinski definition) is 1. The fraction of sp³-hybridized carbons (Fsp3) is 0.600. The number of benzene rings is 1. The van der Waals surface area contributed by atoms with Crippen LogP contribution in [-0.2, 0) is 4.74 Å². The van der Waals surface area contributed by atoms with Gasteiger partial charge < -0.3 is 14.8 Å². The van der Waals surface area contributed by atoms with E-state index in [1.165, 1.54) is 0 Å². The summed E-state index contributed by atoms with van der Waals surface area (Å²) in [7, 11) is 0. The fourth-order valence-electron chi connectivity index (χ4n) is 2.98. The number of hydrogen-bond acceptors (Lipinski definition) is 3. The van der Waals surface area contributed by atoms with Crippen molar-refractivity contribution in [3.05, 3.63) is 27.7 Å². The van der Waals surface area contributed by atoms with Crippen molar-refractivity contribution in [3.63, 3.8) is 0 Å². The second-order valence-electron chi connectivity index (χ2n) is 5.53. The highest BCUT2D eigenvalue weighted by Crippen LogP contribution is 2.40. The van der Waals surface area contributed by atoms with Crippen LogP contribution in [0.5, 0.6) is 5.75 Å². The van der Waals surface area contributed by atoms with Crippen molar-refractivity contribution in [1.82, 2.24) is 5.32 Å². The van der Waals surface area contributed by atoms with Crippen LogP contribution in [0, 0.1) is 5.92 Å². The zero-order valence-corrected chi connectivity index (χ0v) is 13.0. The number of nitrogens with one attached hydrogen (secondary N) is 1. The largest absolute Gasteiger partial charge is 0.492 e. The Hall–Kier alpha value is -0.480. The first kappa shape index (κ1) is 14.5. The molecule has 0 bridgehead atoms. The molecule has 2 aliphatic rings. The zero-order chi connectivity index (χ0) is 14.1. The molecular formula is C15H19Cl2NO2. The van der Waals surface area contributed by atoms with Crippen LogP contribution in [0.25, 0.3) is 0 Å². The molecule has 1 saturated heterocycles. The van der Waals surface area contributed by atoms with Crippen LogP contribution in [0.2, 0.25) is 10.0 Å². The first-order valence-corrected chi connectivity index (χ1v) is 7.87. The summed E-state index contributed by atoms with van der Waals surface area (Å²) in [4.78, 5) is 0. The normalized spacial score (nSPS) is 29.1. The second-order valence-corrected chi connectivity index (χ2v) is 6.37. The van der Waals surface area contributed by atoms with E-state index in [9.17, 15) is 0 Å². The first-order chi connectivity index (χ1) is 9.65. The summed E-state index contributed by atoms with van der Waals surface area (Å²) in [5.41, 5.74) is 1.07. The third-order valence-corrected chi connectivity index (χ3v) is 4.72. The van der Waals surface area contributed by atoms with Crippen LogP contribution in [-0.4, -0.2) is 25.9 Å². The van der Waals surface area contributed by atoms with Gasteiger partial charge in [0, 0.05) is 36.2 Å². The molecule has 20 heavy (non-hydrogen) atoms. The van der Waals surface area contributed by atoms with Gasteiger partial charge in [-0.2, -0.15) is 0 Å². The van der Waals surface area contributed by atoms with E-state index < -0.39 is 0 Å². The van der Waals surface area contributed by atoms with Crippen molar-refractivity contribution in [2.24, 2.45) is 5.92 Å². The van der Waals surface area contributed by atoms with Crippen LogP contribution in [0.1, 0.15) is 31.4 Å². The quantitative estimate of drug-likeness (QED) is 0.919. The van der Waals surface area contributed by atoms with Gasteiger partial charge in [0.25, 0.3) is 0 Å². The molecular weight excluding hydrogens is 297 g/mol. The SMILES string of the molecule is CC1OCCC1CNC1CCOc2c(Cl)cc(Cl)cc21. The van der Waals surface area contributed by atoms with Crippen molar-refractivity contribution < 1.29 is 9.47 Å². The van der Waals surface area contributed by atoms with E-state index >= 15 is 0 Å². The molecule has 110 valence electrons. The summed E-state index contributed by atoms with van der Waals surface area (Å²) in [6, 6.07) is 3.94. The monoisotopic (exact) mass is 315 g/mol. The van der Waals surface area contributed by atoms with E-state index in [-0.39, 0.29) is 6.04 Å². The molecule has 3 nitrogen and oxygen atoms in total. The van der Waals surface area contributed by atoms with Gasteiger partial charge in [0.05, 0.1) is 17.7 Å². The summed E-state index contributed by atoms with van der Waals surface area (Å²) in [5, 5.41) is 4.88. The molecule has 0 spiro atoms. The average Bonchev–Trinajstić information content (AvgIpc) is 2.82. The van der Waals surface area contributed by atoms with Crippen molar-refractivity contribution in [1.29, 1.82) is 0 Å². The standard InChI is InChI=1S/C15H19Cl2NO2/c1-9-10(2-4-19-9)8-18-14-3-5-20-15-12(14)6-11(16)7-13(15)17/h6-7,9-10,14,18H,2-5,8H2,1H3. The molecule has 0 aliphatic carbocycles. The van der Waals surface area contributed by atoms with E-state index in [0.29, 0.717) is 28.7 Å². The Morgan fingerprint density at radius 1 is 1.25 bits per heavy atom. The van der Waals surface area contributed by atoms with Crippen LogP contribution >= 0.6 is 23.2 Å². The number of fused-ring (bicyclic) bond motifs is 1. The number of rotatable bonds is 3. The van der Waals surface area contributed by atoms with E-state index in [2.05, 4.69) is 12.2 Å². The maximum atomic E-state index is 6.21. The Bertz CT molecular complexity index is 495. The van der Waals surface area contributed by atoms with Gasteiger partial charge in [0.15, 0.2) is 0 Å². The minimum atomic E-state index is 0.253. The van der Waals surface area contributed by atoms with Crippen LogP contribution < -0.4 is 10.1 Å². The molecule has 1 aromatic rings. The highest BCUT2D eigenvalue weighted by Gasteiger charge is 2.28. The van der Waals surface area contributed by atoms with E-state index in [1.807, 2.05) is 6.07 Å². The molecule has 2 aliphatic heterocycles. The van der Waals surface area contributed by atoms with Gasteiger partial charge in [-0.3, -0.25) is 0 Å². The number of halogens is 2. The molecule has 3 rings (SSSR count). The highest BCUT2D eigenvalue weighted by atomic mass is 35.5. The highest BCUT2D eigenvalue weighted by molar-refractivity contribution is 6.35. The molecule has 0 radical (unpaired) electrons. The summed E-state index contributed by atoms with van der Waals surface area (Å²) >= 11 is 12.3. The minimum absolute atomic E-state index is 0.253. The maximum Gasteiger partial charge on any atom is 0.142 e. The Balaban J connectivity index is 1.73. The fourth-order valence-corrected chi connectivity index (χ4v) is 3.54. The summed E-state index contributed by atoms with van der Waals surface area (Å²) in [6.07, 6.45) is 2.40. The van der Waals surface area contributed by atoms with Crippen molar-refractivity contribution >= 4 is 23.2 Å². The molecule has 5 heteroatoms. The van der Waals surface area contributed by atoms with Gasteiger partial charge >= 0.3 is 0 Å². The predicted octanol–water partition coefficient (Wildman–Crippen LogP) is 3.83. The van der Waals surface area contributed by atoms with Gasteiger partial charge in [0.2, 0.25) is 0 Å². The third kappa shape index (κ3) is 2.91. The van der Waals surface area contributed by atoms with Gasteiger partial charge in [-0.25, -0.2) is 0 Å². The molecule has 3 atom stereocenters. The number of ether oxygens (including phenoxy) is 2. The molecule has 1 fully saturated rings. The summed E-state index contributed by atoms with van der Waals surface area (Å²) in [6.45, 7) is 4.65. The van der Waals surface area contributed by atoms with Gasteiger partial charge in [-0.15, -0.1) is 0 Å². The molecule has 2 heterocycles. The van der Waals surface area contributed by atoms with Gasteiger partial charge in [-0.1, -0.05) is 23.2 Å². The van der Waals surface area contributed by atoms with Gasteiger partial charge in [0.1, 0.15) is 5.75 Å². The Kier molecular flexibility index (Phi) is 4.41. The van der Waals surface area contributed by atoms with Gasteiger partial charge in [-0.05, 0) is 31.4 Å². The Morgan fingerprint density at radius 2 is 2.10 bits per heavy atom. The topological polar surface area (TPSA) is 30.5 Å². The van der Waals surface area contributed by atoms with Crippen LogP contribution in [0.15, 0.2) is 12.1 Å². The lowest BCUT2D eigenvalue weighted by molar-refractivity contribution is 0.104. The minimum Gasteiger partial charge on any atom is -0.492 e. The smallest absolute Gasteiger partial charge is 0.142 e. The predicted molar refractivity (Wildman–Crippen MR) is 80.8 cm³/mol. The first-order valence-electron chi connectivity index (χ1n) is 7.12. The molecule has 3 unspecified atom stereocenters. The third-order valence-electron chi connectivity index (χ3n) is 4.23. The average molecular weight is 316 g/mol. The lowest BCUT2D eigenvalue weighted by atomic mass is 9.98. The Labute approximate surface area is 129 Å². The molecule has 0 amide bonds.